The molecule has 1 atom stereocenters. The van der Waals surface area contributed by atoms with Crippen LogP contribution in [-0.4, -0.2) is 23.4 Å². The Labute approximate surface area is 200 Å². The number of alkyl halides is 3. The molecule has 0 aliphatic carbocycles. The normalized spacial score (nSPS) is 12.3. The molecular weight excluding hydrogens is 488 g/mol. The van der Waals surface area contributed by atoms with E-state index < -0.39 is 33.4 Å². The molecule has 0 fully saturated rings. The van der Waals surface area contributed by atoms with Crippen molar-refractivity contribution < 1.29 is 36.0 Å². The van der Waals surface area contributed by atoms with Crippen LogP contribution in [0.5, 0.6) is 23.0 Å². The first-order chi connectivity index (χ1) is 16.7. The molecule has 0 saturated carbocycles. The van der Waals surface area contributed by atoms with Crippen LogP contribution in [0.2, 0.25) is 0 Å². The van der Waals surface area contributed by atoms with Crippen molar-refractivity contribution in [1.29, 1.82) is 0 Å². The molecule has 0 spiro atoms. The first-order valence-electron chi connectivity index (χ1n) is 10.0. The lowest BCUT2D eigenvalue weighted by Gasteiger charge is -2.14. The molecule has 1 aromatic heterocycles. The fraction of sp³-hybridized carbons (Fsp3) is 0.125. The second-order valence-corrected chi connectivity index (χ2v) is 8.32. The molecule has 4 aromatic rings. The minimum absolute atomic E-state index is 0.108. The summed E-state index contributed by atoms with van der Waals surface area (Å²) < 4.78 is 85.6. The number of aromatic nitrogens is 1. The van der Waals surface area contributed by atoms with E-state index in [-0.39, 0.29) is 11.4 Å². The highest BCUT2D eigenvalue weighted by Crippen LogP contribution is 2.38. The molecule has 0 radical (unpaired) electrons. The number of benzene rings is 3. The lowest BCUT2D eigenvalue weighted by Crippen LogP contribution is -2.14. The number of hydrogen-bond acceptors (Lipinski definition) is 5. The monoisotopic (exact) mass is 506 g/mol. The number of methoxy groups -OCH3 is 2. The number of fused-ring (bicyclic) bond motifs is 1. The van der Waals surface area contributed by atoms with Crippen LogP contribution >= 0.6 is 0 Å². The highest BCUT2D eigenvalue weighted by atomic mass is 32.2. The fourth-order valence-corrected chi connectivity index (χ4v) is 4.38. The second-order valence-electron chi connectivity index (χ2n) is 7.14. The average Bonchev–Trinajstić information content (AvgIpc) is 2.84. The van der Waals surface area contributed by atoms with Crippen LogP contribution in [0, 0.1) is 5.82 Å². The number of nitrogens with one attached hydrogen (secondary N) is 1. The van der Waals surface area contributed by atoms with Crippen molar-refractivity contribution in [3.63, 3.8) is 0 Å². The van der Waals surface area contributed by atoms with E-state index in [1.54, 1.807) is 18.2 Å². The zero-order valence-corrected chi connectivity index (χ0v) is 19.2. The van der Waals surface area contributed by atoms with Crippen LogP contribution in [0.15, 0.2) is 71.8 Å². The standard InChI is InChI=1S/C24H18F4N2O4S/c1-32-21-12-15-19(13-22(21)33-2)29-10-9-20(15)34-14-7-8-18(17(25)11-14)30-35(31)23-6-4-3-5-16(23)24(26,27)28/h3-13,30H,1-2H3. The van der Waals surface area contributed by atoms with Crippen LogP contribution in [0.4, 0.5) is 23.2 Å². The number of hydrogen-bond donors (Lipinski definition) is 1. The van der Waals surface area contributed by atoms with E-state index >= 15 is 0 Å². The minimum atomic E-state index is -4.70. The molecule has 0 amide bonds. The van der Waals surface area contributed by atoms with Gasteiger partial charge in [-0.3, -0.25) is 9.71 Å². The molecule has 182 valence electrons. The van der Waals surface area contributed by atoms with E-state index in [1.165, 1.54) is 44.7 Å². The Hall–Kier alpha value is -3.86. The van der Waals surface area contributed by atoms with Crippen molar-refractivity contribution in [3.05, 3.63) is 78.2 Å². The van der Waals surface area contributed by atoms with E-state index in [0.29, 0.717) is 28.2 Å². The molecule has 11 heteroatoms. The van der Waals surface area contributed by atoms with Gasteiger partial charge >= 0.3 is 6.18 Å². The minimum Gasteiger partial charge on any atom is -0.493 e. The third-order valence-electron chi connectivity index (χ3n) is 4.97. The summed E-state index contributed by atoms with van der Waals surface area (Å²) in [6.45, 7) is 0. The van der Waals surface area contributed by atoms with Gasteiger partial charge in [0.1, 0.15) is 11.5 Å². The van der Waals surface area contributed by atoms with Gasteiger partial charge in [0.15, 0.2) is 28.3 Å². The summed E-state index contributed by atoms with van der Waals surface area (Å²) in [5.74, 6) is 0.532. The molecule has 3 aromatic carbocycles. The van der Waals surface area contributed by atoms with Crippen molar-refractivity contribution in [3.8, 4) is 23.0 Å². The van der Waals surface area contributed by atoms with Gasteiger partial charge in [-0.15, -0.1) is 0 Å². The van der Waals surface area contributed by atoms with Gasteiger partial charge in [-0.1, -0.05) is 12.1 Å². The highest BCUT2D eigenvalue weighted by Gasteiger charge is 2.34. The van der Waals surface area contributed by atoms with Crippen molar-refractivity contribution in [1.82, 2.24) is 4.98 Å². The molecular formula is C24H18F4N2O4S. The van der Waals surface area contributed by atoms with E-state index in [0.717, 1.165) is 18.2 Å². The topological polar surface area (TPSA) is 69.7 Å². The van der Waals surface area contributed by atoms with Crippen molar-refractivity contribution in [2.24, 2.45) is 0 Å². The largest absolute Gasteiger partial charge is 0.493 e. The van der Waals surface area contributed by atoms with Gasteiger partial charge in [0.05, 0.1) is 35.9 Å². The van der Waals surface area contributed by atoms with Crippen LogP contribution in [0.1, 0.15) is 5.56 Å². The summed E-state index contributed by atoms with van der Waals surface area (Å²) in [6.07, 6.45) is -3.19. The predicted octanol–water partition coefficient (Wildman–Crippen LogP) is 6.34. The van der Waals surface area contributed by atoms with E-state index in [2.05, 4.69) is 9.71 Å². The Bertz CT molecular complexity index is 1410. The maximum Gasteiger partial charge on any atom is 0.417 e. The molecule has 0 aliphatic heterocycles. The molecule has 35 heavy (non-hydrogen) atoms. The number of nitrogens with zero attached hydrogens (tertiary/aromatic N) is 1. The van der Waals surface area contributed by atoms with Gasteiger partial charge in [0.25, 0.3) is 0 Å². The summed E-state index contributed by atoms with van der Waals surface area (Å²) in [6, 6.07) is 13.0. The maximum atomic E-state index is 14.7. The number of anilines is 1. The molecule has 0 aliphatic rings. The Morgan fingerprint density at radius 3 is 2.31 bits per heavy atom. The molecule has 1 unspecified atom stereocenters. The number of halogens is 4. The molecule has 0 saturated heterocycles. The van der Waals surface area contributed by atoms with Gasteiger partial charge < -0.3 is 14.2 Å². The number of pyridine rings is 1. The van der Waals surface area contributed by atoms with Crippen LogP contribution in [-0.2, 0) is 17.2 Å². The lowest BCUT2D eigenvalue weighted by molar-refractivity contribution is -0.139. The summed E-state index contributed by atoms with van der Waals surface area (Å²) in [4.78, 5) is 3.76. The SMILES string of the molecule is COc1cc2nccc(Oc3ccc(NS(=O)c4ccccc4C(F)(F)F)c(F)c3)c2cc1OC. The Balaban J connectivity index is 1.59. The quantitative estimate of drug-likeness (QED) is 0.297. The Morgan fingerprint density at radius 2 is 1.63 bits per heavy atom. The second kappa shape index (κ2) is 9.79. The number of ether oxygens (including phenoxy) is 3. The third kappa shape index (κ3) is 5.14. The fourth-order valence-electron chi connectivity index (χ4n) is 3.32. The summed E-state index contributed by atoms with van der Waals surface area (Å²) in [5, 5.41) is 0.581. The predicted molar refractivity (Wildman–Crippen MR) is 123 cm³/mol. The van der Waals surface area contributed by atoms with Crippen LogP contribution in [0.25, 0.3) is 10.9 Å². The van der Waals surface area contributed by atoms with Crippen molar-refractivity contribution in [2.75, 3.05) is 18.9 Å². The maximum absolute atomic E-state index is 14.7. The molecule has 1 N–H and O–H groups in total. The van der Waals surface area contributed by atoms with E-state index in [1.807, 2.05) is 0 Å². The average molecular weight is 506 g/mol. The van der Waals surface area contributed by atoms with E-state index in [4.69, 9.17) is 14.2 Å². The number of rotatable bonds is 7. The molecule has 6 nitrogen and oxygen atoms in total. The smallest absolute Gasteiger partial charge is 0.417 e. The molecule has 1 heterocycles. The summed E-state index contributed by atoms with van der Waals surface area (Å²) in [5.41, 5.74) is -0.765. The first kappa shape index (κ1) is 24.3. The summed E-state index contributed by atoms with van der Waals surface area (Å²) >= 11 is 0. The summed E-state index contributed by atoms with van der Waals surface area (Å²) in [7, 11) is 0.624. The molecule has 0 bridgehead atoms. The Kier molecular flexibility index (Phi) is 6.79. The molecule has 4 rings (SSSR count). The Morgan fingerprint density at radius 1 is 0.914 bits per heavy atom. The zero-order valence-electron chi connectivity index (χ0n) is 18.4. The van der Waals surface area contributed by atoms with Crippen LogP contribution in [0.3, 0.4) is 0 Å². The van der Waals surface area contributed by atoms with Gasteiger partial charge in [-0.25, -0.2) is 8.60 Å². The zero-order chi connectivity index (χ0) is 25.2. The van der Waals surface area contributed by atoms with Gasteiger partial charge in [0, 0.05) is 23.7 Å². The van der Waals surface area contributed by atoms with Gasteiger partial charge in [-0.2, -0.15) is 13.2 Å². The van der Waals surface area contributed by atoms with Gasteiger partial charge in [-0.05, 0) is 36.4 Å². The highest BCUT2D eigenvalue weighted by molar-refractivity contribution is 7.86. The van der Waals surface area contributed by atoms with Gasteiger partial charge in [0.2, 0.25) is 0 Å². The van der Waals surface area contributed by atoms with Crippen molar-refractivity contribution in [2.45, 2.75) is 11.1 Å². The third-order valence-corrected chi connectivity index (χ3v) is 6.13. The first-order valence-corrected chi connectivity index (χ1v) is 11.2. The van der Waals surface area contributed by atoms with E-state index in [9.17, 15) is 21.8 Å². The van der Waals surface area contributed by atoms with Crippen LogP contribution < -0.4 is 18.9 Å². The lowest BCUT2D eigenvalue weighted by atomic mass is 10.2. The van der Waals surface area contributed by atoms with Crippen molar-refractivity contribution >= 4 is 27.6 Å².